The summed E-state index contributed by atoms with van der Waals surface area (Å²) in [5.41, 5.74) is 5.52. The lowest BCUT2D eigenvalue weighted by Gasteiger charge is -2.35. The Labute approximate surface area is 123 Å². The molecule has 0 amide bonds. The zero-order chi connectivity index (χ0) is 15.0. The molecule has 1 aromatic rings. The van der Waals surface area contributed by atoms with E-state index in [1.54, 1.807) is 6.07 Å². The van der Waals surface area contributed by atoms with Crippen molar-refractivity contribution in [1.82, 2.24) is 0 Å². The standard InChI is InChI=1S/C13H18ClFN2O2S/c1-20(18,19)12-3-2-4-13(12,8-16)17-11-6-9(14)5-10(15)7-11/h5-7,12,17H,2-4,8,16H2,1H3. The number of anilines is 1. The highest BCUT2D eigenvalue weighted by Crippen LogP contribution is 2.37. The van der Waals surface area contributed by atoms with E-state index < -0.39 is 26.4 Å². The van der Waals surface area contributed by atoms with Gasteiger partial charge in [-0.15, -0.1) is 0 Å². The Kier molecular flexibility index (Phi) is 4.27. The van der Waals surface area contributed by atoms with Gasteiger partial charge in [-0.3, -0.25) is 0 Å². The Hall–Kier alpha value is -0.850. The van der Waals surface area contributed by atoms with Crippen LogP contribution in [0.3, 0.4) is 0 Å². The number of rotatable bonds is 4. The van der Waals surface area contributed by atoms with Crippen molar-refractivity contribution in [2.45, 2.75) is 30.1 Å². The zero-order valence-electron chi connectivity index (χ0n) is 11.2. The maximum absolute atomic E-state index is 13.4. The smallest absolute Gasteiger partial charge is 0.152 e. The Morgan fingerprint density at radius 1 is 1.50 bits per heavy atom. The quantitative estimate of drug-likeness (QED) is 0.892. The molecule has 0 aromatic heterocycles. The Bertz CT molecular complexity index is 588. The molecule has 3 N–H and O–H groups in total. The van der Waals surface area contributed by atoms with Crippen LogP contribution in [-0.2, 0) is 9.84 Å². The maximum atomic E-state index is 13.4. The van der Waals surface area contributed by atoms with Gasteiger partial charge < -0.3 is 11.1 Å². The number of hydrogen-bond donors (Lipinski definition) is 2. The van der Waals surface area contributed by atoms with Crippen molar-refractivity contribution in [2.75, 3.05) is 18.1 Å². The minimum Gasteiger partial charge on any atom is -0.377 e. The van der Waals surface area contributed by atoms with Crippen molar-refractivity contribution in [1.29, 1.82) is 0 Å². The summed E-state index contributed by atoms with van der Waals surface area (Å²) in [6.07, 6.45) is 3.18. The highest BCUT2D eigenvalue weighted by molar-refractivity contribution is 7.91. The van der Waals surface area contributed by atoms with Gasteiger partial charge in [-0.1, -0.05) is 11.6 Å². The third-order valence-electron chi connectivity index (χ3n) is 3.84. The van der Waals surface area contributed by atoms with Gasteiger partial charge in [0.15, 0.2) is 9.84 Å². The van der Waals surface area contributed by atoms with E-state index in [0.29, 0.717) is 18.5 Å². The third kappa shape index (κ3) is 3.07. The molecule has 7 heteroatoms. The Morgan fingerprint density at radius 2 is 2.20 bits per heavy atom. The van der Waals surface area contributed by atoms with Crippen LogP contribution in [0.15, 0.2) is 18.2 Å². The fraction of sp³-hybridized carbons (Fsp3) is 0.538. The lowest BCUT2D eigenvalue weighted by atomic mass is 9.96. The summed E-state index contributed by atoms with van der Waals surface area (Å²) in [6.45, 7) is 0.166. The maximum Gasteiger partial charge on any atom is 0.152 e. The van der Waals surface area contributed by atoms with Crippen molar-refractivity contribution in [2.24, 2.45) is 5.73 Å². The molecule has 2 atom stereocenters. The van der Waals surface area contributed by atoms with Gasteiger partial charge in [0.2, 0.25) is 0 Å². The van der Waals surface area contributed by atoms with E-state index in [4.69, 9.17) is 17.3 Å². The lowest BCUT2D eigenvalue weighted by molar-refractivity contribution is 0.479. The van der Waals surface area contributed by atoms with Crippen molar-refractivity contribution in [3.05, 3.63) is 29.0 Å². The first-order valence-electron chi connectivity index (χ1n) is 6.40. The zero-order valence-corrected chi connectivity index (χ0v) is 12.8. The van der Waals surface area contributed by atoms with E-state index in [0.717, 1.165) is 6.42 Å². The van der Waals surface area contributed by atoms with Gasteiger partial charge in [-0.05, 0) is 37.5 Å². The van der Waals surface area contributed by atoms with E-state index >= 15 is 0 Å². The van der Waals surface area contributed by atoms with Gasteiger partial charge in [0.05, 0.1) is 10.8 Å². The van der Waals surface area contributed by atoms with E-state index in [1.807, 2.05) is 0 Å². The molecule has 0 heterocycles. The van der Waals surface area contributed by atoms with E-state index in [-0.39, 0.29) is 11.6 Å². The Morgan fingerprint density at radius 3 is 2.75 bits per heavy atom. The largest absolute Gasteiger partial charge is 0.377 e. The van der Waals surface area contributed by atoms with Crippen molar-refractivity contribution >= 4 is 27.1 Å². The first kappa shape index (κ1) is 15.5. The minimum absolute atomic E-state index is 0.166. The molecule has 20 heavy (non-hydrogen) atoms. The fourth-order valence-corrected chi connectivity index (χ4v) is 4.91. The average molecular weight is 321 g/mol. The van der Waals surface area contributed by atoms with Gasteiger partial charge in [0, 0.05) is 23.5 Å². The van der Waals surface area contributed by atoms with E-state index in [1.165, 1.54) is 18.4 Å². The molecule has 0 bridgehead atoms. The molecule has 0 saturated heterocycles. The Balaban J connectivity index is 2.36. The lowest BCUT2D eigenvalue weighted by Crippen LogP contribution is -2.54. The van der Waals surface area contributed by atoms with E-state index in [2.05, 4.69) is 5.32 Å². The van der Waals surface area contributed by atoms with Gasteiger partial charge in [-0.25, -0.2) is 12.8 Å². The van der Waals surface area contributed by atoms with Crippen LogP contribution in [0.4, 0.5) is 10.1 Å². The first-order chi connectivity index (χ1) is 9.27. The van der Waals surface area contributed by atoms with Gasteiger partial charge >= 0.3 is 0 Å². The van der Waals surface area contributed by atoms with Crippen molar-refractivity contribution < 1.29 is 12.8 Å². The first-order valence-corrected chi connectivity index (χ1v) is 8.73. The number of nitrogens with one attached hydrogen (secondary N) is 1. The summed E-state index contributed by atoms with van der Waals surface area (Å²) < 4.78 is 37.3. The highest BCUT2D eigenvalue weighted by atomic mass is 35.5. The SMILES string of the molecule is CS(=O)(=O)C1CCCC1(CN)Nc1cc(F)cc(Cl)c1. The predicted molar refractivity (Wildman–Crippen MR) is 79.3 cm³/mol. The van der Waals surface area contributed by atoms with Crippen LogP contribution in [0.1, 0.15) is 19.3 Å². The summed E-state index contributed by atoms with van der Waals surface area (Å²) >= 11 is 5.82. The highest BCUT2D eigenvalue weighted by Gasteiger charge is 2.47. The summed E-state index contributed by atoms with van der Waals surface area (Å²) in [5.74, 6) is -0.471. The average Bonchev–Trinajstić information content (AvgIpc) is 2.71. The molecule has 2 unspecified atom stereocenters. The topological polar surface area (TPSA) is 72.2 Å². The molecule has 1 saturated carbocycles. The summed E-state index contributed by atoms with van der Waals surface area (Å²) in [4.78, 5) is 0. The molecule has 4 nitrogen and oxygen atoms in total. The molecule has 1 aliphatic rings. The third-order valence-corrected chi connectivity index (χ3v) is 5.78. The second kappa shape index (κ2) is 5.50. The van der Waals surface area contributed by atoms with Crippen molar-refractivity contribution in [3.8, 4) is 0 Å². The number of hydrogen-bond acceptors (Lipinski definition) is 4. The van der Waals surface area contributed by atoms with Crippen LogP contribution in [0.2, 0.25) is 5.02 Å². The molecular formula is C13H18ClFN2O2S. The molecule has 112 valence electrons. The predicted octanol–water partition coefficient (Wildman–Crippen LogP) is 2.19. The fourth-order valence-electron chi connectivity index (χ4n) is 3.01. The normalized spacial score (nSPS) is 26.7. The number of sulfone groups is 1. The molecular weight excluding hydrogens is 303 g/mol. The minimum atomic E-state index is -3.23. The molecule has 1 aliphatic carbocycles. The van der Waals surface area contributed by atoms with Crippen LogP contribution in [0.25, 0.3) is 0 Å². The molecule has 0 radical (unpaired) electrons. The summed E-state index contributed by atoms with van der Waals surface area (Å²) in [5, 5.41) is 2.80. The van der Waals surface area contributed by atoms with Crippen LogP contribution in [0, 0.1) is 5.82 Å². The van der Waals surface area contributed by atoms with Crippen molar-refractivity contribution in [3.63, 3.8) is 0 Å². The number of halogens is 2. The molecule has 0 aliphatic heterocycles. The van der Waals surface area contributed by atoms with Crippen LogP contribution in [-0.4, -0.2) is 32.0 Å². The van der Waals surface area contributed by atoms with Crippen LogP contribution in [0.5, 0.6) is 0 Å². The number of benzene rings is 1. The molecule has 2 rings (SSSR count). The summed E-state index contributed by atoms with van der Waals surface area (Å²) in [6, 6.07) is 4.06. The monoisotopic (exact) mass is 320 g/mol. The van der Waals surface area contributed by atoms with Gasteiger partial charge in [-0.2, -0.15) is 0 Å². The van der Waals surface area contributed by atoms with Crippen LogP contribution >= 0.6 is 11.6 Å². The molecule has 1 fully saturated rings. The van der Waals surface area contributed by atoms with Gasteiger partial charge in [0.1, 0.15) is 5.82 Å². The molecule has 1 aromatic carbocycles. The molecule has 0 spiro atoms. The van der Waals surface area contributed by atoms with E-state index in [9.17, 15) is 12.8 Å². The number of nitrogens with two attached hydrogens (primary N) is 1. The van der Waals surface area contributed by atoms with Crippen LogP contribution < -0.4 is 11.1 Å². The second-order valence-electron chi connectivity index (χ2n) is 5.35. The van der Waals surface area contributed by atoms with Gasteiger partial charge in [0.25, 0.3) is 0 Å². The second-order valence-corrected chi connectivity index (χ2v) is 8.02. The summed E-state index contributed by atoms with van der Waals surface area (Å²) in [7, 11) is -3.23.